The van der Waals surface area contributed by atoms with Gasteiger partial charge in [-0.05, 0) is 25.8 Å². The van der Waals surface area contributed by atoms with Gasteiger partial charge < -0.3 is 9.30 Å². The zero-order valence-electron chi connectivity index (χ0n) is 13.1. The number of hydrogen-bond acceptors (Lipinski definition) is 6. The Labute approximate surface area is 138 Å². The maximum absolute atomic E-state index is 10.9. The highest BCUT2D eigenvalue weighted by atomic mass is 32.2. The molecule has 3 rings (SSSR count). The summed E-state index contributed by atoms with van der Waals surface area (Å²) in [6, 6.07) is 4.64. The van der Waals surface area contributed by atoms with Crippen molar-refractivity contribution >= 4 is 17.4 Å². The normalized spacial score (nSPS) is 14.0. The van der Waals surface area contributed by atoms with Gasteiger partial charge in [0.05, 0.1) is 12.0 Å². The van der Waals surface area contributed by atoms with Crippen molar-refractivity contribution in [1.82, 2.24) is 14.8 Å². The lowest BCUT2D eigenvalue weighted by Crippen LogP contribution is -2.02. The number of nitro groups is 1. The van der Waals surface area contributed by atoms with Crippen LogP contribution in [-0.4, -0.2) is 26.8 Å². The Morgan fingerprint density at radius 1 is 1.43 bits per heavy atom. The van der Waals surface area contributed by atoms with Crippen molar-refractivity contribution in [2.75, 3.05) is 7.11 Å². The van der Waals surface area contributed by atoms with Crippen molar-refractivity contribution in [1.29, 1.82) is 0 Å². The third-order valence-electron chi connectivity index (χ3n) is 3.84. The molecular formula is C15H18N4O3S. The Kier molecular flexibility index (Phi) is 4.51. The Hall–Kier alpha value is -2.09. The zero-order valence-corrected chi connectivity index (χ0v) is 13.9. The average Bonchev–Trinajstić information content (AvgIpc) is 3.32. The van der Waals surface area contributed by atoms with E-state index in [9.17, 15) is 10.1 Å². The summed E-state index contributed by atoms with van der Waals surface area (Å²) in [4.78, 5) is 10.5. The van der Waals surface area contributed by atoms with Gasteiger partial charge in [-0.25, -0.2) is 0 Å². The lowest BCUT2D eigenvalue weighted by Gasteiger charge is -2.09. The molecule has 0 radical (unpaired) electrons. The standard InChI is InChI=1S/C15H18N4O3S/c1-3-18-14(10-4-5-10)16-17-15(18)23-9-11-8-12(19(20)21)6-7-13(11)22-2/h6-8,10H,3-5,9H2,1-2H3. The van der Waals surface area contributed by atoms with Crippen LogP contribution in [0.3, 0.4) is 0 Å². The van der Waals surface area contributed by atoms with Gasteiger partial charge in [0.2, 0.25) is 0 Å². The van der Waals surface area contributed by atoms with Crippen molar-refractivity contribution in [2.45, 2.75) is 43.1 Å². The van der Waals surface area contributed by atoms with E-state index in [1.165, 1.54) is 30.7 Å². The van der Waals surface area contributed by atoms with Crippen LogP contribution >= 0.6 is 11.8 Å². The first kappa shape index (κ1) is 15.8. The second-order valence-corrected chi connectivity index (χ2v) is 6.34. The minimum absolute atomic E-state index is 0.0667. The summed E-state index contributed by atoms with van der Waals surface area (Å²) in [5, 5.41) is 20.4. The van der Waals surface area contributed by atoms with Gasteiger partial charge in [0, 0.05) is 35.9 Å². The molecule has 1 fully saturated rings. The van der Waals surface area contributed by atoms with Gasteiger partial charge in [-0.15, -0.1) is 10.2 Å². The van der Waals surface area contributed by atoms with Crippen LogP contribution in [0.15, 0.2) is 23.4 Å². The molecule has 23 heavy (non-hydrogen) atoms. The fourth-order valence-corrected chi connectivity index (χ4v) is 3.47. The predicted octanol–water partition coefficient (Wildman–Crippen LogP) is 3.38. The van der Waals surface area contributed by atoms with Gasteiger partial charge in [0.15, 0.2) is 5.16 Å². The van der Waals surface area contributed by atoms with Gasteiger partial charge in [0.25, 0.3) is 5.69 Å². The molecule has 0 saturated heterocycles. The maximum Gasteiger partial charge on any atom is 0.270 e. The first-order chi connectivity index (χ1) is 11.1. The molecule has 0 aliphatic heterocycles. The minimum Gasteiger partial charge on any atom is -0.496 e. The third-order valence-corrected chi connectivity index (χ3v) is 4.85. The van der Waals surface area contributed by atoms with E-state index in [0.717, 1.165) is 23.1 Å². The molecule has 8 heteroatoms. The van der Waals surface area contributed by atoms with Crippen LogP contribution in [0.4, 0.5) is 5.69 Å². The molecule has 0 atom stereocenters. The minimum atomic E-state index is -0.395. The molecule has 1 heterocycles. The molecule has 1 aliphatic rings. The molecule has 1 aromatic heterocycles. The lowest BCUT2D eigenvalue weighted by atomic mass is 10.2. The molecule has 1 saturated carbocycles. The number of nitro benzene ring substituents is 1. The van der Waals surface area contributed by atoms with E-state index >= 15 is 0 Å². The van der Waals surface area contributed by atoms with Gasteiger partial charge in [-0.3, -0.25) is 10.1 Å². The highest BCUT2D eigenvalue weighted by Gasteiger charge is 2.30. The SMILES string of the molecule is CCn1c(SCc2cc([N+](=O)[O-])ccc2OC)nnc1C1CC1. The number of aromatic nitrogens is 3. The van der Waals surface area contributed by atoms with Gasteiger partial charge in [-0.1, -0.05) is 11.8 Å². The van der Waals surface area contributed by atoms with Crippen LogP contribution in [0.1, 0.15) is 37.1 Å². The van der Waals surface area contributed by atoms with Crippen LogP contribution in [0.2, 0.25) is 0 Å². The monoisotopic (exact) mass is 334 g/mol. The first-order valence-corrected chi connectivity index (χ1v) is 8.49. The summed E-state index contributed by atoms with van der Waals surface area (Å²) in [6.07, 6.45) is 2.36. The quantitative estimate of drug-likeness (QED) is 0.438. The number of benzene rings is 1. The summed E-state index contributed by atoms with van der Waals surface area (Å²) >= 11 is 1.53. The van der Waals surface area contributed by atoms with E-state index in [4.69, 9.17) is 4.74 Å². The van der Waals surface area contributed by atoms with Crippen molar-refractivity contribution in [2.24, 2.45) is 0 Å². The van der Waals surface area contributed by atoms with Crippen LogP contribution < -0.4 is 4.74 Å². The van der Waals surface area contributed by atoms with Crippen molar-refractivity contribution in [3.63, 3.8) is 0 Å². The molecule has 0 bridgehead atoms. The number of nitrogens with zero attached hydrogens (tertiary/aromatic N) is 4. The van der Waals surface area contributed by atoms with Gasteiger partial charge in [-0.2, -0.15) is 0 Å². The smallest absolute Gasteiger partial charge is 0.270 e. The fraction of sp³-hybridized carbons (Fsp3) is 0.467. The van der Waals surface area contributed by atoms with E-state index in [2.05, 4.69) is 21.7 Å². The lowest BCUT2D eigenvalue weighted by molar-refractivity contribution is -0.384. The summed E-state index contributed by atoms with van der Waals surface area (Å²) in [5.41, 5.74) is 0.849. The molecule has 7 nitrogen and oxygen atoms in total. The number of hydrogen-bond donors (Lipinski definition) is 0. The van der Waals surface area contributed by atoms with E-state index in [1.807, 2.05) is 0 Å². The summed E-state index contributed by atoms with van der Waals surface area (Å²) < 4.78 is 7.43. The molecule has 0 N–H and O–H groups in total. The Morgan fingerprint density at radius 2 is 2.22 bits per heavy atom. The Bertz CT molecular complexity index is 728. The second kappa shape index (κ2) is 6.57. The maximum atomic E-state index is 10.9. The van der Waals surface area contributed by atoms with Crippen LogP contribution in [-0.2, 0) is 12.3 Å². The summed E-state index contributed by atoms with van der Waals surface area (Å²) in [7, 11) is 1.56. The van der Waals surface area contributed by atoms with Crippen molar-refractivity contribution in [3.05, 3.63) is 39.7 Å². The zero-order chi connectivity index (χ0) is 16.4. The largest absolute Gasteiger partial charge is 0.496 e. The molecule has 122 valence electrons. The van der Waals surface area contributed by atoms with Crippen LogP contribution in [0.5, 0.6) is 5.75 Å². The van der Waals surface area contributed by atoms with Crippen molar-refractivity contribution in [3.8, 4) is 5.75 Å². The van der Waals surface area contributed by atoms with Gasteiger partial charge >= 0.3 is 0 Å². The molecule has 0 spiro atoms. The molecule has 2 aromatic rings. The third kappa shape index (κ3) is 3.31. The number of non-ortho nitro benzene ring substituents is 1. The number of thioether (sulfide) groups is 1. The number of ether oxygens (including phenoxy) is 1. The summed E-state index contributed by atoms with van der Waals surface area (Å²) in [6.45, 7) is 2.90. The van der Waals surface area contributed by atoms with E-state index < -0.39 is 4.92 Å². The summed E-state index contributed by atoms with van der Waals surface area (Å²) in [5.74, 6) is 2.80. The highest BCUT2D eigenvalue weighted by Crippen LogP contribution is 2.40. The predicted molar refractivity (Wildman–Crippen MR) is 86.9 cm³/mol. The van der Waals surface area contributed by atoms with E-state index in [1.54, 1.807) is 19.2 Å². The topological polar surface area (TPSA) is 83.1 Å². The second-order valence-electron chi connectivity index (χ2n) is 5.40. The van der Waals surface area contributed by atoms with Crippen LogP contribution in [0.25, 0.3) is 0 Å². The molecule has 0 amide bonds. The molecule has 1 aliphatic carbocycles. The van der Waals surface area contributed by atoms with Crippen LogP contribution in [0, 0.1) is 10.1 Å². The first-order valence-electron chi connectivity index (χ1n) is 7.51. The van der Waals surface area contributed by atoms with E-state index in [-0.39, 0.29) is 5.69 Å². The van der Waals surface area contributed by atoms with Crippen molar-refractivity contribution < 1.29 is 9.66 Å². The Morgan fingerprint density at radius 3 is 2.83 bits per heavy atom. The average molecular weight is 334 g/mol. The fourth-order valence-electron chi connectivity index (χ4n) is 2.48. The highest BCUT2D eigenvalue weighted by molar-refractivity contribution is 7.98. The molecule has 1 aromatic carbocycles. The number of rotatable bonds is 7. The van der Waals surface area contributed by atoms with Gasteiger partial charge in [0.1, 0.15) is 11.6 Å². The molecular weight excluding hydrogens is 316 g/mol. The van der Waals surface area contributed by atoms with E-state index in [0.29, 0.717) is 17.4 Å². The number of methoxy groups -OCH3 is 1. The molecule has 0 unspecified atom stereocenters. The Balaban J connectivity index is 1.80.